The molecule has 1 aromatic heterocycles. The third kappa shape index (κ3) is 3.70. The van der Waals surface area contributed by atoms with Crippen LogP contribution in [-0.4, -0.2) is 17.6 Å². The summed E-state index contributed by atoms with van der Waals surface area (Å²) in [5.74, 6) is -0.622. The summed E-state index contributed by atoms with van der Waals surface area (Å²) >= 11 is 6.01. The number of benzene rings is 2. The van der Waals surface area contributed by atoms with Gasteiger partial charge in [0.05, 0.1) is 22.9 Å². The molecule has 6 nitrogen and oxygen atoms in total. The van der Waals surface area contributed by atoms with E-state index in [1.54, 1.807) is 61.5 Å². The molecule has 0 radical (unpaired) electrons. The summed E-state index contributed by atoms with van der Waals surface area (Å²) in [5.41, 5.74) is 2.18. The number of rotatable bonds is 4. The maximum atomic E-state index is 12.8. The van der Waals surface area contributed by atoms with Crippen LogP contribution in [0.25, 0.3) is 17.4 Å². The first-order valence-corrected chi connectivity index (χ1v) is 9.09. The Morgan fingerprint density at radius 2 is 1.93 bits per heavy atom. The zero-order chi connectivity index (χ0) is 20.5. The zero-order valence-electron chi connectivity index (χ0n) is 15.3. The van der Waals surface area contributed by atoms with Gasteiger partial charge in [-0.1, -0.05) is 35.9 Å². The summed E-state index contributed by atoms with van der Waals surface area (Å²) in [7, 11) is 0. The van der Waals surface area contributed by atoms with E-state index in [4.69, 9.17) is 16.0 Å². The number of carboxylic acids is 1. The van der Waals surface area contributed by atoms with E-state index < -0.39 is 5.97 Å². The molecule has 29 heavy (non-hydrogen) atoms. The predicted octanol–water partition coefficient (Wildman–Crippen LogP) is 3.77. The highest BCUT2D eigenvalue weighted by Gasteiger charge is 2.29. The van der Waals surface area contributed by atoms with Crippen LogP contribution < -0.4 is 10.1 Å². The maximum absolute atomic E-state index is 12.8. The average Bonchev–Trinajstić information content (AvgIpc) is 3.28. The Morgan fingerprint density at radius 3 is 2.69 bits per heavy atom. The highest BCUT2D eigenvalue weighted by Crippen LogP contribution is 2.29. The first kappa shape index (κ1) is 18.7. The number of aromatic carboxylic acids is 1. The lowest BCUT2D eigenvalue weighted by atomic mass is 10.1. The van der Waals surface area contributed by atoms with E-state index in [1.165, 1.54) is 17.1 Å². The Labute approximate surface area is 171 Å². The number of carbonyl (C=O) groups is 2. The van der Waals surface area contributed by atoms with Crippen molar-refractivity contribution in [1.29, 1.82) is 0 Å². The molecule has 1 amide bonds. The van der Waals surface area contributed by atoms with Gasteiger partial charge in [0, 0.05) is 10.6 Å². The van der Waals surface area contributed by atoms with Gasteiger partial charge in [-0.3, -0.25) is 4.79 Å². The molecule has 3 aromatic rings. The number of anilines is 1. The number of hydrogen-bond acceptors (Lipinski definition) is 5. The van der Waals surface area contributed by atoms with Gasteiger partial charge < -0.3 is 14.3 Å². The number of furan rings is 1. The standard InChI is InChI=1S/C22H15ClN2O4/c1-13-19(21(26)25(24-13)17-7-3-6-16(23)11-17)12-18-8-9-20(29-18)14-4-2-5-15(10-14)22(27)28/h2-12H,1H3,(H,27,28)/p-1/b19-12-. The Hall–Kier alpha value is -3.64. The minimum absolute atomic E-state index is 0.0601. The lowest BCUT2D eigenvalue weighted by Gasteiger charge is -2.11. The van der Waals surface area contributed by atoms with Crippen LogP contribution in [0.1, 0.15) is 23.0 Å². The molecular formula is C22H14ClN2O4-. The lowest BCUT2D eigenvalue weighted by Crippen LogP contribution is -2.22. The smallest absolute Gasteiger partial charge is 0.280 e. The van der Waals surface area contributed by atoms with Crippen molar-refractivity contribution in [3.8, 4) is 11.3 Å². The molecule has 0 fully saturated rings. The average molecular weight is 406 g/mol. The number of hydrogen-bond donors (Lipinski definition) is 0. The van der Waals surface area contributed by atoms with E-state index in [9.17, 15) is 14.7 Å². The number of hydrazone groups is 1. The van der Waals surface area contributed by atoms with E-state index in [2.05, 4.69) is 5.10 Å². The van der Waals surface area contributed by atoms with Gasteiger partial charge in [0.2, 0.25) is 0 Å². The van der Waals surface area contributed by atoms with Crippen LogP contribution in [0.4, 0.5) is 5.69 Å². The molecule has 0 N–H and O–H groups in total. The fourth-order valence-corrected chi connectivity index (χ4v) is 3.18. The molecule has 0 saturated carbocycles. The molecule has 7 heteroatoms. The van der Waals surface area contributed by atoms with Crippen molar-refractivity contribution >= 4 is 41.0 Å². The molecule has 0 bridgehead atoms. The maximum Gasteiger partial charge on any atom is 0.280 e. The van der Waals surface area contributed by atoms with E-state index >= 15 is 0 Å². The van der Waals surface area contributed by atoms with Crippen LogP contribution in [0.15, 0.2) is 75.8 Å². The molecule has 144 valence electrons. The van der Waals surface area contributed by atoms with Gasteiger partial charge in [-0.15, -0.1) is 0 Å². The summed E-state index contributed by atoms with van der Waals surface area (Å²) < 4.78 is 5.79. The molecule has 0 saturated heterocycles. The molecule has 0 atom stereocenters. The van der Waals surface area contributed by atoms with Crippen molar-refractivity contribution in [2.45, 2.75) is 6.92 Å². The van der Waals surface area contributed by atoms with E-state index in [0.29, 0.717) is 39.1 Å². The molecule has 0 aliphatic carbocycles. The van der Waals surface area contributed by atoms with Gasteiger partial charge in [-0.2, -0.15) is 10.1 Å². The molecule has 4 rings (SSSR count). The minimum Gasteiger partial charge on any atom is -0.545 e. The number of nitrogens with zero attached hydrogens (tertiary/aromatic N) is 2. The van der Waals surface area contributed by atoms with Crippen LogP contribution in [0, 0.1) is 0 Å². The largest absolute Gasteiger partial charge is 0.545 e. The van der Waals surface area contributed by atoms with Gasteiger partial charge in [0.15, 0.2) is 0 Å². The van der Waals surface area contributed by atoms with E-state index in [0.717, 1.165) is 0 Å². The molecular weight excluding hydrogens is 392 g/mol. The van der Waals surface area contributed by atoms with Crippen molar-refractivity contribution in [3.63, 3.8) is 0 Å². The monoisotopic (exact) mass is 405 g/mol. The van der Waals surface area contributed by atoms with Gasteiger partial charge in [0.1, 0.15) is 11.5 Å². The van der Waals surface area contributed by atoms with Crippen molar-refractivity contribution in [3.05, 3.63) is 82.6 Å². The molecule has 0 unspecified atom stereocenters. The number of carboxylic acid groups (broad SMARTS) is 1. The van der Waals surface area contributed by atoms with E-state index in [1.807, 2.05) is 0 Å². The summed E-state index contributed by atoms with van der Waals surface area (Å²) in [5, 5.41) is 17.2. The number of halogens is 1. The minimum atomic E-state index is -1.26. The van der Waals surface area contributed by atoms with Gasteiger partial charge >= 0.3 is 0 Å². The van der Waals surface area contributed by atoms with Crippen LogP contribution in [0.5, 0.6) is 0 Å². The van der Waals surface area contributed by atoms with E-state index in [-0.39, 0.29) is 11.5 Å². The first-order chi connectivity index (χ1) is 13.9. The van der Waals surface area contributed by atoms with Crippen molar-refractivity contribution in [2.24, 2.45) is 5.10 Å². The number of amides is 1. The van der Waals surface area contributed by atoms with Gasteiger partial charge in [-0.25, -0.2) is 0 Å². The molecule has 1 aliphatic heterocycles. The predicted molar refractivity (Wildman–Crippen MR) is 108 cm³/mol. The highest BCUT2D eigenvalue weighted by atomic mass is 35.5. The Bertz CT molecular complexity index is 1190. The highest BCUT2D eigenvalue weighted by molar-refractivity contribution is 6.33. The zero-order valence-corrected chi connectivity index (χ0v) is 16.0. The second-order valence-corrected chi connectivity index (χ2v) is 6.85. The van der Waals surface area contributed by atoms with Crippen molar-refractivity contribution in [1.82, 2.24) is 0 Å². The lowest BCUT2D eigenvalue weighted by molar-refractivity contribution is -0.255. The normalized spacial score (nSPS) is 15.1. The number of carbonyl (C=O) groups excluding carboxylic acids is 2. The quantitative estimate of drug-likeness (QED) is 0.618. The van der Waals surface area contributed by atoms with Gasteiger partial charge in [-0.05, 0) is 55.0 Å². The molecule has 2 aromatic carbocycles. The Morgan fingerprint density at radius 1 is 1.14 bits per heavy atom. The van der Waals surface area contributed by atoms with Crippen molar-refractivity contribution in [2.75, 3.05) is 5.01 Å². The van der Waals surface area contributed by atoms with Crippen LogP contribution in [0.3, 0.4) is 0 Å². The second kappa shape index (κ2) is 7.41. The van der Waals surface area contributed by atoms with Gasteiger partial charge in [0.25, 0.3) is 5.91 Å². The van der Waals surface area contributed by atoms with Crippen LogP contribution in [-0.2, 0) is 4.79 Å². The first-order valence-electron chi connectivity index (χ1n) is 8.71. The molecule has 1 aliphatic rings. The summed E-state index contributed by atoms with van der Waals surface area (Å²) in [6.07, 6.45) is 1.61. The van der Waals surface area contributed by atoms with Crippen LogP contribution >= 0.6 is 11.6 Å². The topological polar surface area (TPSA) is 85.9 Å². The fraction of sp³-hybridized carbons (Fsp3) is 0.0455. The Balaban J connectivity index is 1.62. The summed E-state index contributed by atoms with van der Waals surface area (Å²) in [6.45, 7) is 1.74. The summed E-state index contributed by atoms with van der Waals surface area (Å²) in [6, 6.07) is 16.6. The van der Waals surface area contributed by atoms with Crippen LogP contribution in [0.2, 0.25) is 5.02 Å². The third-order valence-corrected chi connectivity index (χ3v) is 4.65. The second-order valence-electron chi connectivity index (χ2n) is 6.41. The van der Waals surface area contributed by atoms with Crippen molar-refractivity contribution < 1.29 is 19.1 Å². The Kier molecular flexibility index (Phi) is 4.78. The molecule has 0 spiro atoms. The third-order valence-electron chi connectivity index (χ3n) is 4.41. The summed E-state index contributed by atoms with van der Waals surface area (Å²) in [4.78, 5) is 23.9. The fourth-order valence-electron chi connectivity index (χ4n) is 2.99. The molecule has 2 heterocycles. The SMILES string of the molecule is CC1=NN(c2cccc(Cl)c2)C(=O)/C1=C\c1ccc(-c2cccc(C(=O)[O-])c2)o1.